The molecule has 5 heteroatoms. The van der Waals surface area contributed by atoms with Crippen LogP contribution in [-0.2, 0) is 14.3 Å². The van der Waals surface area contributed by atoms with E-state index in [9.17, 15) is 4.79 Å². The van der Waals surface area contributed by atoms with Crippen LogP contribution in [0.4, 0.5) is 0 Å². The summed E-state index contributed by atoms with van der Waals surface area (Å²) < 4.78 is 10.4. The van der Waals surface area contributed by atoms with E-state index in [2.05, 4.69) is 0 Å². The first-order valence-electron chi connectivity index (χ1n) is 5.70. The van der Waals surface area contributed by atoms with Crippen molar-refractivity contribution in [2.45, 2.75) is 32.1 Å². The molecule has 0 amide bonds. The number of hydrogen-bond donors (Lipinski definition) is 1. The summed E-state index contributed by atoms with van der Waals surface area (Å²) in [6.45, 7) is 2.00. The zero-order chi connectivity index (χ0) is 12.1. The number of unbranched alkanes of at least 4 members (excludes halogenated alkanes) is 3. The maximum atomic E-state index is 10.1. The second-order valence-corrected chi connectivity index (χ2v) is 3.85. The van der Waals surface area contributed by atoms with E-state index in [0.717, 1.165) is 38.2 Å². The molecule has 0 heterocycles. The fourth-order valence-corrected chi connectivity index (χ4v) is 1.32. The van der Waals surface area contributed by atoms with E-state index >= 15 is 0 Å². The highest BCUT2D eigenvalue weighted by Gasteiger charge is 1.96. The van der Waals surface area contributed by atoms with Gasteiger partial charge < -0.3 is 14.6 Å². The standard InChI is InChI=1S/C11H21ClO4/c12-6-3-1-2-4-7-15-9-10-16-8-5-11(13)14/h1-10H2,(H,13,14). The van der Waals surface area contributed by atoms with Crippen LogP contribution in [0.5, 0.6) is 0 Å². The Hall–Kier alpha value is -0.320. The van der Waals surface area contributed by atoms with Gasteiger partial charge in [0.1, 0.15) is 0 Å². The fourth-order valence-electron chi connectivity index (χ4n) is 1.13. The van der Waals surface area contributed by atoms with Gasteiger partial charge in [-0.2, -0.15) is 0 Å². The molecule has 0 aliphatic carbocycles. The monoisotopic (exact) mass is 252 g/mol. The quantitative estimate of drug-likeness (QED) is 0.428. The number of carboxylic acid groups (broad SMARTS) is 1. The lowest BCUT2D eigenvalue weighted by molar-refractivity contribution is -0.138. The number of carboxylic acids is 1. The maximum absolute atomic E-state index is 10.1. The maximum Gasteiger partial charge on any atom is 0.305 e. The molecule has 0 unspecified atom stereocenters. The van der Waals surface area contributed by atoms with Gasteiger partial charge in [-0.05, 0) is 12.8 Å². The lowest BCUT2D eigenvalue weighted by Gasteiger charge is -2.04. The van der Waals surface area contributed by atoms with Gasteiger partial charge in [-0.25, -0.2) is 0 Å². The van der Waals surface area contributed by atoms with Crippen LogP contribution in [0.2, 0.25) is 0 Å². The molecular formula is C11H21ClO4. The van der Waals surface area contributed by atoms with Crippen molar-refractivity contribution >= 4 is 17.6 Å². The van der Waals surface area contributed by atoms with E-state index in [1.54, 1.807) is 0 Å². The minimum atomic E-state index is -0.833. The van der Waals surface area contributed by atoms with Crippen molar-refractivity contribution in [3.05, 3.63) is 0 Å². The Bertz CT molecular complexity index is 164. The fraction of sp³-hybridized carbons (Fsp3) is 0.909. The number of aliphatic carboxylic acids is 1. The number of halogens is 1. The molecule has 0 saturated carbocycles. The second-order valence-electron chi connectivity index (χ2n) is 3.47. The highest BCUT2D eigenvalue weighted by molar-refractivity contribution is 6.17. The van der Waals surface area contributed by atoms with Crippen LogP contribution in [0.3, 0.4) is 0 Å². The Kier molecular flexibility index (Phi) is 12.5. The summed E-state index contributed by atoms with van der Waals surface area (Å²) in [5.41, 5.74) is 0. The molecule has 0 aromatic rings. The van der Waals surface area contributed by atoms with E-state index in [-0.39, 0.29) is 13.0 Å². The van der Waals surface area contributed by atoms with Gasteiger partial charge in [-0.15, -0.1) is 11.6 Å². The number of alkyl halides is 1. The zero-order valence-corrected chi connectivity index (χ0v) is 10.4. The molecule has 1 N–H and O–H groups in total. The normalized spacial score (nSPS) is 10.6. The summed E-state index contributed by atoms with van der Waals surface area (Å²) in [4.78, 5) is 10.1. The van der Waals surface area contributed by atoms with Crippen molar-refractivity contribution in [3.63, 3.8) is 0 Å². The molecule has 4 nitrogen and oxygen atoms in total. The third-order valence-electron chi connectivity index (χ3n) is 2.00. The van der Waals surface area contributed by atoms with Crippen molar-refractivity contribution in [1.82, 2.24) is 0 Å². The minimum absolute atomic E-state index is 0.0540. The van der Waals surface area contributed by atoms with Gasteiger partial charge in [0, 0.05) is 12.5 Å². The molecule has 0 fully saturated rings. The zero-order valence-electron chi connectivity index (χ0n) is 9.62. The Balaban J connectivity index is 2.90. The summed E-state index contributed by atoms with van der Waals surface area (Å²) in [5, 5.41) is 8.34. The van der Waals surface area contributed by atoms with Crippen LogP contribution in [0.25, 0.3) is 0 Å². The molecule has 0 aliphatic rings. The molecule has 0 aromatic heterocycles. The predicted octanol–water partition coefficient (Wildman–Crippen LogP) is 2.29. The molecular weight excluding hydrogens is 232 g/mol. The first-order chi connectivity index (χ1) is 7.77. The number of rotatable bonds is 12. The van der Waals surface area contributed by atoms with Gasteiger partial charge in [-0.3, -0.25) is 4.79 Å². The van der Waals surface area contributed by atoms with Crippen molar-refractivity contribution in [2.75, 3.05) is 32.3 Å². The average Bonchev–Trinajstić information content (AvgIpc) is 2.25. The first-order valence-corrected chi connectivity index (χ1v) is 6.24. The van der Waals surface area contributed by atoms with Crippen molar-refractivity contribution in [3.8, 4) is 0 Å². The van der Waals surface area contributed by atoms with E-state index < -0.39 is 5.97 Å². The van der Waals surface area contributed by atoms with Gasteiger partial charge in [0.05, 0.1) is 26.2 Å². The first kappa shape index (κ1) is 15.7. The summed E-state index contributed by atoms with van der Waals surface area (Å²) in [7, 11) is 0. The molecule has 0 saturated heterocycles. The van der Waals surface area contributed by atoms with Gasteiger partial charge in [-0.1, -0.05) is 12.8 Å². The van der Waals surface area contributed by atoms with Crippen molar-refractivity contribution in [1.29, 1.82) is 0 Å². The second kappa shape index (κ2) is 12.7. The van der Waals surface area contributed by atoms with E-state index in [1.165, 1.54) is 0 Å². The lowest BCUT2D eigenvalue weighted by atomic mass is 10.2. The molecule has 0 rings (SSSR count). The summed E-state index contributed by atoms with van der Waals surface area (Å²) in [5.74, 6) is -0.0987. The third-order valence-corrected chi connectivity index (χ3v) is 2.27. The molecule has 0 radical (unpaired) electrons. The smallest absolute Gasteiger partial charge is 0.305 e. The molecule has 0 aliphatic heterocycles. The van der Waals surface area contributed by atoms with Crippen LogP contribution in [0.1, 0.15) is 32.1 Å². The Labute approximate surface area is 102 Å². The van der Waals surface area contributed by atoms with Crippen LogP contribution >= 0.6 is 11.6 Å². The predicted molar refractivity (Wildman–Crippen MR) is 63.1 cm³/mol. The Morgan fingerprint density at radius 2 is 1.56 bits per heavy atom. The van der Waals surface area contributed by atoms with Crippen LogP contribution < -0.4 is 0 Å². The summed E-state index contributed by atoms with van der Waals surface area (Å²) in [6, 6.07) is 0. The van der Waals surface area contributed by atoms with Crippen LogP contribution in [0.15, 0.2) is 0 Å². The Morgan fingerprint density at radius 3 is 2.19 bits per heavy atom. The lowest BCUT2D eigenvalue weighted by Crippen LogP contribution is -2.08. The minimum Gasteiger partial charge on any atom is -0.481 e. The van der Waals surface area contributed by atoms with Gasteiger partial charge in [0.2, 0.25) is 0 Å². The molecule has 0 bridgehead atoms. The number of hydrogen-bond acceptors (Lipinski definition) is 3. The Morgan fingerprint density at radius 1 is 0.938 bits per heavy atom. The SMILES string of the molecule is O=C(O)CCOCCOCCCCCCCl. The number of ether oxygens (including phenoxy) is 2. The highest BCUT2D eigenvalue weighted by atomic mass is 35.5. The van der Waals surface area contributed by atoms with E-state index in [1.807, 2.05) is 0 Å². The van der Waals surface area contributed by atoms with E-state index in [0.29, 0.717) is 13.2 Å². The number of carbonyl (C=O) groups is 1. The molecule has 0 spiro atoms. The van der Waals surface area contributed by atoms with Crippen molar-refractivity contribution < 1.29 is 19.4 Å². The topological polar surface area (TPSA) is 55.8 Å². The summed E-state index contributed by atoms with van der Waals surface area (Å²) >= 11 is 5.55. The van der Waals surface area contributed by atoms with Gasteiger partial charge in [0.25, 0.3) is 0 Å². The molecule has 0 aromatic carbocycles. The third kappa shape index (κ3) is 13.7. The molecule has 96 valence electrons. The van der Waals surface area contributed by atoms with Gasteiger partial charge >= 0.3 is 5.97 Å². The van der Waals surface area contributed by atoms with Crippen molar-refractivity contribution in [2.24, 2.45) is 0 Å². The molecule has 16 heavy (non-hydrogen) atoms. The largest absolute Gasteiger partial charge is 0.481 e. The molecule has 0 atom stereocenters. The van der Waals surface area contributed by atoms with E-state index in [4.69, 9.17) is 26.2 Å². The average molecular weight is 253 g/mol. The highest BCUT2D eigenvalue weighted by Crippen LogP contribution is 2.00. The van der Waals surface area contributed by atoms with Crippen LogP contribution in [0, 0.1) is 0 Å². The van der Waals surface area contributed by atoms with Crippen LogP contribution in [-0.4, -0.2) is 43.4 Å². The van der Waals surface area contributed by atoms with Gasteiger partial charge in [0.15, 0.2) is 0 Å². The summed E-state index contributed by atoms with van der Waals surface area (Å²) in [6.07, 6.45) is 4.47.